The Morgan fingerprint density at radius 2 is 2.17 bits per heavy atom. The van der Waals surface area contributed by atoms with Crippen molar-refractivity contribution in [3.63, 3.8) is 0 Å². The van der Waals surface area contributed by atoms with Gasteiger partial charge in [-0.25, -0.2) is 4.98 Å². The normalized spacial score (nSPS) is 10.7. The summed E-state index contributed by atoms with van der Waals surface area (Å²) in [4.78, 5) is 15.0. The predicted molar refractivity (Wildman–Crippen MR) is 48.0 cm³/mol. The van der Waals surface area contributed by atoms with Gasteiger partial charge >= 0.3 is 0 Å². The molecule has 12 heavy (non-hydrogen) atoms. The Morgan fingerprint density at radius 3 is 2.58 bits per heavy atom. The number of nitrogens with two attached hydrogens (primary N) is 1. The zero-order valence-corrected chi connectivity index (χ0v) is 7.53. The first kappa shape index (κ1) is 8.77. The highest BCUT2D eigenvalue weighted by Gasteiger charge is 2.06. The molecule has 4 heteroatoms. The first-order chi connectivity index (χ1) is 5.54. The second-order valence-electron chi connectivity index (χ2n) is 3.03. The standard InChI is InChI=1S/C8H13N3O/c1-5(2)11-6(3)8(9)10-4-7(11)12/h4-5H,9H2,1-3H3. The summed E-state index contributed by atoms with van der Waals surface area (Å²) in [5, 5.41) is 0. The molecule has 0 saturated carbocycles. The van der Waals surface area contributed by atoms with Crippen molar-refractivity contribution < 1.29 is 0 Å². The van der Waals surface area contributed by atoms with Crippen molar-refractivity contribution in [2.75, 3.05) is 5.73 Å². The highest BCUT2D eigenvalue weighted by molar-refractivity contribution is 5.32. The van der Waals surface area contributed by atoms with Gasteiger partial charge in [0.15, 0.2) is 0 Å². The van der Waals surface area contributed by atoms with E-state index >= 15 is 0 Å². The molecule has 0 aromatic carbocycles. The van der Waals surface area contributed by atoms with Crippen molar-refractivity contribution in [1.82, 2.24) is 9.55 Å². The van der Waals surface area contributed by atoms with Gasteiger partial charge in [0.05, 0.1) is 11.9 Å². The molecule has 66 valence electrons. The van der Waals surface area contributed by atoms with Gasteiger partial charge in [0.25, 0.3) is 5.56 Å². The molecule has 0 atom stereocenters. The van der Waals surface area contributed by atoms with Gasteiger partial charge in [-0.15, -0.1) is 0 Å². The molecule has 1 aromatic heterocycles. The zero-order chi connectivity index (χ0) is 9.30. The van der Waals surface area contributed by atoms with Crippen LogP contribution in [-0.2, 0) is 0 Å². The average Bonchev–Trinajstić information content (AvgIpc) is 1.97. The molecule has 0 unspecified atom stereocenters. The Morgan fingerprint density at radius 1 is 1.58 bits per heavy atom. The maximum Gasteiger partial charge on any atom is 0.269 e. The lowest BCUT2D eigenvalue weighted by atomic mass is 10.3. The van der Waals surface area contributed by atoms with Gasteiger partial charge in [0.2, 0.25) is 0 Å². The summed E-state index contributed by atoms with van der Waals surface area (Å²) in [6.07, 6.45) is 1.25. The molecular formula is C8H13N3O. The molecule has 0 saturated heterocycles. The van der Waals surface area contributed by atoms with E-state index in [2.05, 4.69) is 4.98 Å². The van der Waals surface area contributed by atoms with Crippen LogP contribution in [0.2, 0.25) is 0 Å². The van der Waals surface area contributed by atoms with Gasteiger partial charge in [-0.2, -0.15) is 0 Å². The first-order valence-corrected chi connectivity index (χ1v) is 3.87. The minimum atomic E-state index is -0.100. The van der Waals surface area contributed by atoms with Crippen LogP contribution in [0.1, 0.15) is 25.6 Å². The van der Waals surface area contributed by atoms with Crippen molar-refractivity contribution in [3.05, 3.63) is 22.2 Å². The van der Waals surface area contributed by atoms with Gasteiger partial charge < -0.3 is 10.3 Å². The molecule has 0 aliphatic heterocycles. The Balaban J connectivity index is 3.43. The van der Waals surface area contributed by atoms with Crippen molar-refractivity contribution >= 4 is 5.82 Å². The summed E-state index contributed by atoms with van der Waals surface area (Å²) < 4.78 is 1.63. The van der Waals surface area contributed by atoms with Crippen molar-refractivity contribution in [2.45, 2.75) is 26.8 Å². The quantitative estimate of drug-likeness (QED) is 0.670. The Hall–Kier alpha value is -1.32. The topological polar surface area (TPSA) is 60.9 Å². The summed E-state index contributed by atoms with van der Waals surface area (Å²) in [5.41, 5.74) is 6.19. The number of nitrogens with zero attached hydrogens (tertiary/aromatic N) is 2. The fourth-order valence-electron chi connectivity index (χ4n) is 1.21. The van der Waals surface area contributed by atoms with Crippen molar-refractivity contribution in [2.24, 2.45) is 0 Å². The lowest BCUT2D eigenvalue weighted by Crippen LogP contribution is -2.25. The minimum Gasteiger partial charge on any atom is -0.382 e. The van der Waals surface area contributed by atoms with E-state index in [1.54, 1.807) is 11.5 Å². The minimum absolute atomic E-state index is 0.100. The van der Waals surface area contributed by atoms with Crippen LogP contribution < -0.4 is 11.3 Å². The fourth-order valence-corrected chi connectivity index (χ4v) is 1.21. The molecule has 1 heterocycles. The fraction of sp³-hybridized carbons (Fsp3) is 0.500. The number of rotatable bonds is 1. The van der Waals surface area contributed by atoms with Crippen LogP contribution in [0.5, 0.6) is 0 Å². The second-order valence-corrected chi connectivity index (χ2v) is 3.03. The summed E-state index contributed by atoms with van der Waals surface area (Å²) in [6.45, 7) is 5.67. The lowest BCUT2D eigenvalue weighted by Gasteiger charge is -2.13. The number of hydrogen-bond acceptors (Lipinski definition) is 3. The molecular weight excluding hydrogens is 154 g/mol. The van der Waals surface area contributed by atoms with E-state index in [1.165, 1.54) is 6.20 Å². The first-order valence-electron chi connectivity index (χ1n) is 3.87. The largest absolute Gasteiger partial charge is 0.382 e. The lowest BCUT2D eigenvalue weighted by molar-refractivity contribution is 0.560. The number of hydrogen-bond donors (Lipinski definition) is 1. The van der Waals surface area contributed by atoms with Crippen LogP contribution in [0.15, 0.2) is 11.0 Å². The predicted octanol–water partition coefficient (Wildman–Crippen LogP) is 0.715. The molecule has 0 amide bonds. The highest BCUT2D eigenvalue weighted by Crippen LogP contribution is 2.08. The molecule has 0 radical (unpaired) electrons. The van der Waals surface area contributed by atoms with E-state index < -0.39 is 0 Å². The maximum absolute atomic E-state index is 11.3. The maximum atomic E-state index is 11.3. The summed E-state index contributed by atoms with van der Waals surface area (Å²) >= 11 is 0. The van der Waals surface area contributed by atoms with E-state index in [9.17, 15) is 4.79 Å². The molecule has 0 fully saturated rings. The van der Waals surface area contributed by atoms with Crippen LogP contribution in [-0.4, -0.2) is 9.55 Å². The smallest absolute Gasteiger partial charge is 0.269 e. The van der Waals surface area contributed by atoms with Crippen LogP contribution in [0.3, 0.4) is 0 Å². The molecule has 1 aromatic rings. The molecule has 0 spiro atoms. The SMILES string of the molecule is Cc1c(N)ncc(=O)n1C(C)C. The number of anilines is 1. The highest BCUT2D eigenvalue weighted by atomic mass is 16.1. The van der Waals surface area contributed by atoms with Crippen molar-refractivity contribution in [3.8, 4) is 0 Å². The van der Waals surface area contributed by atoms with Crippen LogP contribution >= 0.6 is 0 Å². The van der Waals surface area contributed by atoms with E-state index in [0.717, 1.165) is 5.69 Å². The average molecular weight is 167 g/mol. The van der Waals surface area contributed by atoms with Gasteiger partial charge in [0.1, 0.15) is 5.82 Å². The van der Waals surface area contributed by atoms with Gasteiger partial charge in [-0.3, -0.25) is 4.79 Å². The van der Waals surface area contributed by atoms with Gasteiger partial charge in [-0.1, -0.05) is 0 Å². The molecule has 2 N–H and O–H groups in total. The third kappa shape index (κ3) is 1.32. The summed E-state index contributed by atoms with van der Waals surface area (Å²) in [6, 6.07) is 0.128. The third-order valence-electron chi connectivity index (χ3n) is 1.80. The molecule has 4 nitrogen and oxygen atoms in total. The summed E-state index contributed by atoms with van der Waals surface area (Å²) in [7, 11) is 0. The van der Waals surface area contributed by atoms with Gasteiger partial charge in [-0.05, 0) is 20.8 Å². The number of aromatic nitrogens is 2. The Kier molecular flexibility index (Phi) is 2.17. The van der Waals surface area contributed by atoms with Crippen LogP contribution in [0, 0.1) is 6.92 Å². The Bertz CT molecular complexity index is 341. The summed E-state index contributed by atoms with van der Waals surface area (Å²) in [5.74, 6) is 0.420. The molecule has 1 rings (SSSR count). The van der Waals surface area contributed by atoms with E-state index in [0.29, 0.717) is 5.82 Å². The zero-order valence-electron chi connectivity index (χ0n) is 7.53. The van der Waals surface area contributed by atoms with Crippen LogP contribution in [0.4, 0.5) is 5.82 Å². The van der Waals surface area contributed by atoms with Crippen LogP contribution in [0.25, 0.3) is 0 Å². The number of nitrogen functional groups attached to an aromatic ring is 1. The second kappa shape index (κ2) is 2.97. The van der Waals surface area contributed by atoms with E-state index in [1.807, 2.05) is 13.8 Å². The Labute approximate surface area is 71.0 Å². The third-order valence-corrected chi connectivity index (χ3v) is 1.80. The van der Waals surface area contributed by atoms with E-state index in [4.69, 9.17) is 5.73 Å². The molecule has 0 bridgehead atoms. The van der Waals surface area contributed by atoms with E-state index in [-0.39, 0.29) is 11.6 Å². The van der Waals surface area contributed by atoms with Crippen molar-refractivity contribution in [1.29, 1.82) is 0 Å². The monoisotopic (exact) mass is 167 g/mol. The van der Waals surface area contributed by atoms with Gasteiger partial charge in [0, 0.05) is 6.04 Å². The molecule has 0 aliphatic carbocycles. The molecule has 0 aliphatic rings.